The van der Waals surface area contributed by atoms with E-state index in [-0.39, 0.29) is 0 Å². The Bertz CT molecular complexity index is 478. The van der Waals surface area contributed by atoms with Crippen molar-refractivity contribution in [2.75, 3.05) is 7.11 Å². The maximum Gasteiger partial charge on any atom is 0.337 e. The van der Waals surface area contributed by atoms with E-state index in [1.54, 1.807) is 0 Å². The van der Waals surface area contributed by atoms with E-state index in [0.29, 0.717) is 11.1 Å². The van der Waals surface area contributed by atoms with E-state index < -0.39 is 20.3 Å². The number of rotatable bonds is 3. The van der Waals surface area contributed by atoms with Gasteiger partial charge in [0, 0.05) is 10.7 Å². The molecule has 1 aromatic carbocycles. The van der Waals surface area contributed by atoms with Crippen LogP contribution in [0.1, 0.15) is 28.1 Å². The van der Waals surface area contributed by atoms with Gasteiger partial charge in [-0.1, -0.05) is 12.1 Å². The molecule has 0 aromatic heterocycles. The van der Waals surface area contributed by atoms with Crippen molar-refractivity contribution in [2.45, 2.75) is 12.2 Å². The minimum absolute atomic E-state index is 0.366. The Morgan fingerprint density at radius 2 is 1.81 bits per heavy atom. The number of methoxy groups -OCH3 is 1. The second-order valence-electron chi connectivity index (χ2n) is 3.23. The van der Waals surface area contributed by atoms with Gasteiger partial charge in [-0.25, -0.2) is 13.2 Å². The van der Waals surface area contributed by atoms with Crippen LogP contribution < -0.4 is 0 Å². The van der Waals surface area contributed by atoms with Crippen LogP contribution >= 0.6 is 10.7 Å². The van der Waals surface area contributed by atoms with Crippen molar-refractivity contribution in [2.24, 2.45) is 0 Å². The molecule has 4 nitrogen and oxygen atoms in total. The van der Waals surface area contributed by atoms with Gasteiger partial charge < -0.3 is 4.74 Å². The fourth-order valence-corrected chi connectivity index (χ4v) is 1.96. The lowest BCUT2D eigenvalue weighted by molar-refractivity contribution is 0.0600. The quantitative estimate of drug-likeness (QED) is 0.618. The summed E-state index contributed by atoms with van der Waals surface area (Å²) in [5.41, 5.74) is 0.896. The maximum atomic E-state index is 11.1. The first-order chi connectivity index (χ1) is 7.36. The zero-order valence-corrected chi connectivity index (χ0v) is 10.4. The highest BCUT2D eigenvalue weighted by atomic mass is 35.7. The molecular weight excluding hydrogens is 252 g/mol. The molecule has 0 bridgehead atoms. The average molecular weight is 263 g/mol. The molecule has 0 aliphatic rings. The number of carbonyl (C=O) groups excluding carboxylic acids is 1. The van der Waals surface area contributed by atoms with Crippen LogP contribution in [0.25, 0.3) is 0 Å². The SMILES string of the molecule is COC(=O)c1ccc(C(C)S(=O)(=O)Cl)cc1. The molecule has 0 amide bonds. The van der Waals surface area contributed by atoms with Gasteiger partial charge >= 0.3 is 5.97 Å². The van der Waals surface area contributed by atoms with Crippen LogP contribution in [0.4, 0.5) is 0 Å². The number of ether oxygens (including phenoxy) is 1. The van der Waals surface area contributed by atoms with E-state index >= 15 is 0 Å². The van der Waals surface area contributed by atoms with Gasteiger partial charge in [-0.05, 0) is 24.6 Å². The van der Waals surface area contributed by atoms with E-state index in [1.165, 1.54) is 38.3 Å². The summed E-state index contributed by atoms with van der Waals surface area (Å²) in [5, 5.41) is -0.805. The normalized spacial score (nSPS) is 13.2. The van der Waals surface area contributed by atoms with Crippen molar-refractivity contribution in [1.82, 2.24) is 0 Å². The first-order valence-corrected chi connectivity index (χ1v) is 6.85. The van der Waals surface area contributed by atoms with E-state index in [2.05, 4.69) is 4.74 Å². The first kappa shape index (κ1) is 13.0. The third-order valence-corrected chi connectivity index (χ3v) is 4.14. The molecule has 0 aliphatic heterocycles. The topological polar surface area (TPSA) is 60.4 Å². The van der Waals surface area contributed by atoms with Crippen LogP contribution in [0.15, 0.2) is 24.3 Å². The summed E-state index contributed by atoms with van der Waals surface area (Å²) in [6.07, 6.45) is 0. The predicted molar refractivity (Wildman–Crippen MR) is 61.0 cm³/mol. The van der Waals surface area contributed by atoms with Crippen molar-refractivity contribution >= 4 is 25.7 Å². The molecule has 0 heterocycles. The number of carbonyl (C=O) groups is 1. The predicted octanol–water partition coefficient (Wildman–Crippen LogP) is 2.10. The highest BCUT2D eigenvalue weighted by Crippen LogP contribution is 2.25. The molecule has 1 aromatic rings. The zero-order chi connectivity index (χ0) is 12.3. The van der Waals surface area contributed by atoms with E-state index in [4.69, 9.17) is 10.7 Å². The van der Waals surface area contributed by atoms with Crippen LogP contribution in [0.5, 0.6) is 0 Å². The second kappa shape index (κ2) is 4.84. The van der Waals surface area contributed by atoms with Crippen LogP contribution in [-0.4, -0.2) is 21.5 Å². The number of hydrogen-bond donors (Lipinski definition) is 0. The minimum Gasteiger partial charge on any atom is -0.465 e. The Hall–Kier alpha value is -1.07. The third-order valence-electron chi connectivity index (χ3n) is 2.22. The maximum absolute atomic E-state index is 11.1. The largest absolute Gasteiger partial charge is 0.465 e. The van der Waals surface area contributed by atoms with E-state index in [0.717, 1.165) is 0 Å². The number of benzene rings is 1. The minimum atomic E-state index is -3.64. The van der Waals surface area contributed by atoms with Gasteiger partial charge in [-0.2, -0.15) is 0 Å². The van der Waals surface area contributed by atoms with Gasteiger partial charge in [0.1, 0.15) is 0 Å². The monoisotopic (exact) mass is 262 g/mol. The van der Waals surface area contributed by atoms with Crippen LogP contribution in [0.3, 0.4) is 0 Å². The fourth-order valence-electron chi connectivity index (χ4n) is 1.17. The van der Waals surface area contributed by atoms with Crippen molar-refractivity contribution < 1.29 is 17.9 Å². The van der Waals surface area contributed by atoms with Gasteiger partial charge in [0.2, 0.25) is 9.05 Å². The molecule has 0 fully saturated rings. The Labute approximate surface area is 98.6 Å². The van der Waals surface area contributed by atoms with Gasteiger partial charge in [0.05, 0.1) is 17.9 Å². The molecule has 0 saturated heterocycles. The summed E-state index contributed by atoms with van der Waals surface area (Å²) >= 11 is 0. The highest BCUT2D eigenvalue weighted by Gasteiger charge is 2.19. The number of esters is 1. The average Bonchev–Trinajstić information content (AvgIpc) is 2.26. The smallest absolute Gasteiger partial charge is 0.337 e. The molecule has 0 radical (unpaired) electrons. The molecule has 1 rings (SSSR count). The lowest BCUT2D eigenvalue weighted by atomic mass is 10.1. The Morgan fingerprint density at radius 3 is 2.19 bits per heavy atom. The standard InChI is InChI=1S/C10H11ClO4S/c1-7(16(11,13)14)8-3-5-9(6-4-8)10(12)15-2/h3-7H,1-2H3. The Kier molecular flexibility index (Phi) is 3.93. The lowest BCUT2D eigenvalue weighted by Gasteiger charge is -2.08. The van der Waals surface area contributed by atoms with Gasteiger partial charge in [-0.15, -0.1) is 0 Å². The summed E-state index contributed by atoms with van der Waals surface area (Å²) in [6.45, 7) is 1.48. The van der Waals surface area contributed by atoms with Gasteiger partial charge in [-0.3, -0.25) is 0 Å². The molecule has 0 spiro atoms. The summed E-state index contributed by atoms with van der Waals surface area (Å²) in [5.74, 6) is -0.465. The highest BCUT2D eigenvalue weighted by molar-refractivity contribution is 8.13. The molecule has 6 heteroatoms. The van der Waals surface area contributed by atoms with E-state index in [9.17, 15) is 13.2 Å². The molecule has 16 heavy (non-hydrogen) atoms. The Balaban J connectivity index is 3.00. The second-order valence-corrected chi connectivity index (χ2v) is 6.18. The summed E-state index contributed by atoms with van der Waals surface area (Å²) in [4.78, 5) is 11.1. The van der Waals surface area contributed by atoms with E-state index in [1.807, 2.05) is 0 Å². The molecule has 88 valence electrons. The van der Waals surface area contributed by atoms with Crippen molar-refractivity contribution in [3.63, 3.8) is 0 Å². The molecule has 0 N–H and O–H groups in total. The molecule has 1 unspecified atom stereocenters. The summed E-state index contributed by atoms with van der Waals surface area (Å²) in [6, 6.07) is 6.08. The van der Waals surface area contributed by atoms with Gasteiger partial charge in [0.25, 0.3) is 0 Å². The van der Waals surface area contributed by atoms with Crippen LogP contribution in [0.2, 0.25) is 0 Å². The van der Waals surface area contributed by atoms with Crippen molar-refractivity contribution in [3.8, 4) is 0 Å². The number of halogens is 1. The summed E-state index contributed by atoms with van der Waals surface area (Å²) < 4.78 is 26.7. The Morgan fingerprint density at radius 1 is 1.31 bits per heavy atom. The first-order valence-electron chi connectivity index (χ1n) is 4.48. The number of hydrogen-bond acceptors (Lipinski definition) is 4. The van der Waals surface area contributed by atoms with Crippen LogP contribution in [0, 0.1) is 0 Å². The molecule has 0 aliphatic carbocycles. The third kappa shape index (κ3) is 2.96. The lowest BCUT2D eigenvalue weighted by Crippen LogP contribution is -2.05. The molecular formula is C10H11ClO4S. The van der Waals surface area contributed by atoms with Crippen molar-refractivity contribution in [3.05, 3.63) is 35.4 Å². The molecule has 1 atom stereocenters. The zero-order valence-electron chi connectivity index (χ0n) is 8.81. The van der Waals surface area contributed by atoms with Gasteiger partial charge in [0.15, 0.2) is 0 Å². The fraction of sp³-hybridized carbons (Fsp3) is 0.300. The molecule has 0 saturated carbocycles. The summed E-state index contributed by atoms with van der Waals surface area (Å²) in [7, 11) is 2.87. The van der Waals surface area contributed by atoms with Crippen LogP contribution in [-0.2, 0) is 13.8 Å². The van der Waals surface area contributed by atoms with Crippen molar-refractivity contribution in [1.29, 1.82) is 0 Å².